The van der Waals surface area contributed by atoms with Gasteiger partial charge in [-0.1, -0.05) is 6.07 Å². The molecular weight excluding hydrogens is 392 g/mol. The van der Waals surface area contributed by atoms with Crippen LogP contribution < -0.4 is 5.56 Å². The van der Waals surface area contributed by atoms with Gasteiger partial charge in [0.15, 0.2) is 0 Å². The Kier molecular flexibility index (Phi) is 4.18. The predicted molar refractivity (Wildman–Crippen MR) is 107 cm³/mol. The van der Waals surface area contributed by atoms with Crippen LogP contribution in [0.15, 0.2) is 47.3 Å². The van der Waals surface area contributed by atoms with Gasteiger partial charge in [-0.3, -0.25) is 9.59 Å². The number of aromatic amines is 2. The average molecular weight is 409 g/mol. The quantitative estimate of drug-likeness (QED) is 0.531. The molecule has 5 rings (SSSR count). The van der Waals surface area contributed by atoms with E-state index in [2.05, 4.69) is 9.97 Å². The van der Waals surface area contributed by atoms with Crippen LogP contribution >= 0.6 is 0 Å². The zero-order valence-corrected chi connectivity index (χ0v) is 16.0. The Bertz CT molecular complexity index is 1380. The smallest absolute Gasteiger partial charge is 0.270 e. The lowest BCUT2D eigenvalue weighted by Gasteiger charge is -2.33. The molecule has 0 spiro atoms. The fourth-order valence-corrected chi connectivity index (χ4v) is 4.08. The molecule has 0 unspecified atom stereocenters. The van der Waals surface area contributed by atoms with E-state index in [4.69, 9.17) is 4.74 Å². The molecule has 6 nitrogen and oxygen atoms in total. The van der Waals surface area contributed by atoms with Crippen molar-refractivity contribution >= 4 is 27.6 Å². The molecule has 0 saturated carbocycles. The van der Waals surface area contributed by atoms with Crippen molar-refractivity contribution in [1.82, 2.24) is 14.9 Å². The van der Waals surface area contributed by atoms with Crippen molar-refractivity contribution in [1.29, 1.82) is 0 Å². The summed E-state index contributed by atoms with van der Waals surface area (Å²) in [5.74, 6) is -1.21. The SMILES string of the molecule is CN(C(=O)c1cc2ccc(F)cc2[nH]1)[C@@H]1COCc2[nH]c(=O)c3cc(F)ccc3c21. The van der Waals surface area contributed by atoms with Crippen molar-refractivity contribution in [2.75, 3.05) is 13.7 Å². The highest BCUT2D eigenvalue weighted by Gasteiger charge is 2.31. The van der Waals surface area contributed by atoms with Gasteiger partial charge in [0.05, 0.1) is 24.6 Å². The Morgan fingerprint density at radius 2 is 1.83 bits per heavy atom. The van der Waals surface area contributed by atoms with Crippen LogP contribution in [0.2, 0.25) is 0 Å². The summed E-state index contributed by atoms with van der Waals surface area (Å²) in [6.07, 6.45) is 0. The molecule has 0 saturated heterocycles. The van der Waals surface area contributed by atoms with Crippen LogP contribution in [0.1, 0.15) is 27.8 Å². The van der Waals surface area contributed by atoms with Crippen LogP contribution in [0, 0.1) is 11.6 Å². The first-order valence-corrected chi connectivity index (χ1v) is 9.40. The van der Waals surface area contributed by atoms with E-state index in [9.17, 15) is 18.4 Å². The summed E-state index contributed by atoms with van der Waals surface area (Å²) in [7, 11) is 1.64. The topological polar surface area (TPSA) is 78.2 Å². The molecule has 0 bridgehead atoms. The normalized spacial score (nSPS) is 16.0. The average Bonchev–Trinajstić information content (AvgIpc) is 3.15. The number of carbonyl (C=O) groups is 1. The molecule has 1 aliphatic heterocycles. The summed E-state index contributed by atoms with van der Waals surface area (Å²) in [6, 6.07) is 9.48. The van der Waals surface area contributed by atoms with Gasteiger partial charge >= 0.3 is 0 Å². The van der Waals surface area contributed by atoms with Crippen molar-refractivity contribution in [2.24, 2.45) is 0 Å². The molecule has 30 heavy (non-hydrogen) atoms. The largest absolute Gasteiger partial charge is 0.373 e. The molecule has 0 aliphatic carbocycles. The van der Waals surface area contributed by atoms with Gasteiger partial charge < -0.3 is 19.6 Å². The molecule has 4 aromatic rings. The van der Waals surface area contributed by atoms with E-state index in [1.165, 1.54) is 29.2 Å². The van der Waals surface area contributed by atoms with Gasteiger partial charge in [0.25, 0.3) is 11.5 Å². The van der Waals surface area contributed by atoms with Gasteiger partial charge in [-0.05, 0) is 41.8 Å². The van der Waals surface area contributed by atoms with Crippen LogP contribution in [-0.4, -0.2) is 34.4 Å². The summed E-state index contributed by atoms with van der Waals surface area (Å²) in [4.78, 5) is 32.8. The minimum Gasteiger partial charge on any atom is -0.373 e. The predicted octanol–water partition coefficient (Wildman–Crippen LogP) is 3.63. The highest BCUT2D eigenvalue weighted by Crippen LogP contribution is 2.33. The molecule has 1 aliphatic rings. The van der Waals surface area contributed by atoms with Crippen molar-refractivity contribution in [3.05, 3.63) is 81.4 Å². The summed E-state index contributed by atoms with van der Waals surface area (Å²) in [6.45, 7) is 0.421. The lowest BCUT2D eigenvalue weighted by Crippen LogP contribution is -2.37. The highest BCUT2D eigenvalue weighted by atomic mass is 19.1. The van der Waals surface area contributed by atoms with Crippen molar-refractivity contribution in [3.63, 3.8) is 0 Å². The summed E-state index contributed by atoms with van der Waals surface area (Å²) < 4.78 is 32.8. The molecule has 3 heterocycles. The number of nitrogens with one attached hydrogen (secondary N) is 2. The Morgan fingerprint density at radius 1 is 1.07 bits per heavy atom. The number of fused-ring (bicyclic) bond motifs is 4. The van der Waals surface area contributed by atoms with E-state index in [1.54, 1.807) is 25.2 Å². The highest BCUT2D eigenvalue weighted by molar-refractivity contribution is 5.98. The van der Waals surface area contributed by atoms with Gasteiger partial charge in [0, 0.05) is 29.2 Å². The number of carbonyl (C=O) groups excluding carboxylic acids is 1. The van der Waals surface area contributed by atoms with E-state index in [0.717, 1.165) is 10.9 Å². The van der Waals surface area contributed by atoms with Crippen molar-refractivity contribution < 1.29 is 18.3 Å². The fraction of sp³-hybridized carbons (Fsp3) is 0.182. The van der Waals surface area contributed by atoms with E-state index < -0.39 is 23.2 Å². The second-order valence-electron chi connectivity index (χ2n) is 7.40. The molecule has 0 fully saturated rings. The van der Waals surface area contributed by atoms with Gasteiger partial charge in [-0.2, -0.15) is 0 Å². The lowest BCUT2D eigenvalue weighted by atomic mass is 9.95. The van der Waals surface area contributed by atoms with E-state index >= 15 is 0 Å². The first-order valence-electron chi connectivity index (χ1n) is 9.40. The zero-order chi connectivity index (χ0) is 21.0. The third-order valence-corrected chi connectivity index (χ3v) is 5.56. The second kappa shape index (κ2) is 6.77. The number of rotatable bonds is 2. The number of hydrogen-bond donors (Lipinski definition) is 2. The molecule has 1 atom stereocenters. The number of halogens is 2. The van der Waals surface area contributed by atoms with Gasteiger partial charge in [0.1, 0.15) is 17.3 Å². The maximum absolute atomic E-state index is 13.7. The lowest BCUT2D eigenvalue weighted by molar-refractivity contribution is 0.0333. The fourth-order valence-electron chi connectivity index (χ4n) is 4.08. The van der Waals surface area contributed by atoms with Crippen LogP contribution in [-0.2, 0) is 11.3 Å². The Morgan fingerprint density at radius 3 is 2.67 bits per heavy atom. The second-order valence-corrected chi connectivity index (χ2v) is 7.40. The number of amides is 1. The number of H-pyrrole nitrogens is 2. The third kappa shape index (κ3) is 2.88. The van der Waals surface area contributed by atoms with E-state index in [1.807, 2.05) is 0 Å². The van der Waals surface area contributed by atoms with Gasteiger partial charge in [-0.15, -0.1) is 0 Å². The Labute approximate surface area is 169 Å². The molecular formula is C22H17F2N3O3. The molecule has 2 N–H and O–H groups in total. The number of nitrogens with zero attached hydrogens (tertiary/aromatic N) is 1. The zero-order valence-electron chi connectivity index (χ0n) is 16.0. The molecule has 2 aromatic heterocycles. The Hall–Kier alpha value is -3.52. The Balaban J connectivity index is 1.59. The van der Waals surface area contributed by atoms with Crippen LogP contribution in [0.5, 0.6) is 0 Å². The minimum absolute atomic E-state index is 0.197. The molecule has 2 aromatic carbocycles. The van der Waals surface area contributed by atoms with Crippen LogP contribution in [0.4, 0.5) is 8.78 Å². The summed E-state index contributed by atoms with van der Waals surface area (Å²) in [5, 5.41) is 1.53. The van der Waals surface area contributed by atoms with Crippen LogP contribution in [0.25, 0.3) is 21.7 Å². The van der Waals surface area contributed by atoms with E-state index in [-0.39, 0.29) is 24.5 Å². The number of ether oxygens (including phenoxy) is 1. The number of likely N-dealkylation sites (N-methyl/N-ethyl adjacent to an activating group) is 1. The number of hydrogen-bond acceptors (Lipinski definition) is 3. The number of aromatic nitrogens is 2. The third-order valence-electron chi connectivity index (χ3n) is 5.56. The standard InChI is InChI=1S/C22H17F2N3O3/c1-27(22(29)17-6-11-2-3-13(24)8-16(11)25-17)19-10-30-9-18-20(19)14-5-4-12(23)7-15(14)21(28)26-18/h2-8,19,25H,9-10H2,1H3,(H,26,28)/t19-/m1/s1. The summed E-state index contributed by atoms with van der Waals surface area (Å²) in [5.41, 5.74) is 1.73. The number of benzene rings is 2. The first kappa shape index (κ1) is 18.5. The molecule has 0 radical (unpaired) electrons. The van der Waals surface area contributed by atoms with Crippen molar-refractivity contribution in [2.45, 2.75) is 12.6 Å². The van der Waals surface area contributed by atoms with Gasteiger partial charge in [-0.25, -0.2) is 8.78 Å². The molecule has 8 heteroatoms. The maximum atomic E-state index is 13.7. The maximum Gasteiger partial charge on any atom is 0.270 e. The minimum atomic E-state index is -0.508. The number of pyridine rings is 1. The molecule has 152 valence electrons. The van der Waals surface area contributed by atoms with Crippen molar-refractivity contribution in [3.8, 4) is 0 Å². The summed E-state index contributed by atoms with van der Waals surface area (Å²) >= 11 is 0. The van der Waals surface area contributed by atoms with E-state index in [0.29, 0.717) is 22.3 Å². The molecule has 1 amide bonds. The monoisotopic (exact) mass is 409 g/mol. The van der Waals surface area contributed by atoms with Gasteiger partial charge in [0.2, 0.25) is 0 Å². The first-order chi connectivity index (χ1) is 14.4. The van der Waals surface area contributed by atoms with Crippen LogP contribution in [0.3, 0.4) is 0 Å².